The predicted molar refractivity (Wildman–Crippen MR) is 76.5 cm³/mol. The minimum Gasteiger partial charge on any atom is -0.508 e. The topological polar surface area (TPSA) is 55.5 Å². The van der Waals surface area contributed by atoms with Crippen LogP contribution in [0.2, 0.25) is 5.02 Å². The molecule has 0 bridgehead atoms. The second kappa shape index (κ2) is 5.95. The molecule has 100 valence electrons. The Hall–Kier alpha value is -1.71. The van der Waals surface area contributed by atoms with Crippen LogP contribution in [0.5, 0.6) is 11.5 Å². The van der Waals surface area contributed by atoms with Gasteiger partial charge in [0.05, 0.1) is 0 Å². The van der Waals surface area contributed by atoms with Crippen molar-refractivity contribution in [1.82, 2.24) is 0 Å². The molecule has 1 atom stereocenters. The molecule has 4 heteroatoms. The predicted octanol–water partition coefficient (Wildman–Crippen LogP) is 3.64. The number of phenolic OH excluding ortho intramolecular Hbond substituents is 1. The van der Waals surface area contributed by atoms with Crippen molar-refractivity contribution < 1.29 is 9.84 Å². The fourth-order valence-corrected chi connectivity index (χ4v) is 1.99. The maximum atomic E-state index is 9.40. The van der Waals surface area contributed by atoms with E-state index in [4.69, 9.17) is 22.1 Å². The molecular weight excluding hydrogens is 262 g/mol. The van der Waals surface area contributed by atoms with Crippen molar-refractivity contribution in [3.63, 3.8) is 0 Å². The standard InChI is InChI=1S/C15H16ClNO2/c1-10(17)14-8-12(16)5-6-15(14)19-9-11-3-2-4-13(18)7-11/h2-8,10,18H,9,17H2,1H3/t10-/m0/s1. The summed E-state index contributed by atoms with van der Waals surface area (Å²) in [4.78, 5) is 0. The summed E-state index contributed by atoms with van der Waals surface area (Å²) in [5, 5.41) is 10.0. The Morgan fingerprint density at radius 2 is 2.05 bits per heavy atom. The monoisotopic (exact) mass is 277 g/mol. The first-order valence-electron chi connectivity index (χ1n) is 6.02. The van der Waals surface area contributed by atoms with Gasteiger partial charge >= 0.3 is 0 Å². The molecule has 0 saturated carbocycles. The van der Waals surface area contributed by atoms with Gasteiger partial charge in [0.1, 0.15) is 18.1 Å². The lowest BCUT2D eigenvalue weighted by molar-refractivity contribution is 0.301. The highest BCUT2D eigenvalue weighted by Crippen LogP contribution is 2.28. The molecule has 3 N–H and O–H groups in total. The Morgan fingerprint density at radius 1 is 1.26 bits per heavy atom. The zero-order valence-corrected chi connectivity index (χ0v) is 11.4. The van der Waals surface area contributed by atoms with E-state index in [1.807, 2.05) is 25.1 Å². The lowest BCUT2D eigenvalue weighted by atomic mass is 10.1. The number of ether oxygens (including phenoxy) is 1. The summed E-state index contributed by atoms with van der Waals surface area (Å²) in [5.41, 5.74) is 7.66. The molecule has 0 fully saturated rings. The molecular formula is C15H16ClNO2. The quantitative estimate of drug-likeness (QED) is 0.897. The Labute approximate surface area is 117 Å². The largest absolute Gasteiger partial charge is 0.508 e. The van der Waals surface area contributed by atoms with E-state index < -0.39 is 0 Å². The lowest BCUT2D eigenvalue weighted by Gasteiger charge is -2.14. The third kappa shape index (κ3) is 3.63. The summed E-state index contributed by atoms with van der Waals surface area (Å²) in [5.74, 6) is 0.937. The van der Waals surface area contributed by atoms with E-state index in [1.165, 1.54) is 0 Å². The van der Waals surface area contributed by atoms with E-state index in [2.05, 4.69) is 0 Å². The smallest absolute Gasteiger partial charge is 0.124 e. The molecule has 0 aliphatic heterocycles. The van der Waals surface area contributed by atoms with Gasteiger partial charge < -0.3 is 15.6 Å². The van der Waals surface area contributed by atoms with Crippen LogP contribution in [0.3, 0.4) is 0 Å². The van der Waals surface area contributed by atoms with E-state index in [1.54, 1.807) is 24.3 Å². The molecule has 0 spiro atoms. The van der Waals surface area contributed by atoms with Gasteiger partial charge in [-0.1, -0.05) is 23.7 Å². The first-order valence-corrected chi connectivity index (χ1v) is 6.40. The molecule has 2 rings (SSSR count). The minimum absolute atomic E-state index is 0.155. The lowest BCUT2D eigenvalue weighted by Crippen LogP contribution is -2.08. The molecule has 2 aromatic carbocycles. The summed E-state index contributed by atoms with van der Waals surface area (Å²) in [6, 6.07) is 12.2. The van der Waals surface area contributed by atoms with E-state index in [-0.39, 0.29) is 11.8 Å². The summed E-state index contributed by atoms with van der Waals surface area (Å²) in [6.45, 7) is 2.25. The van der Waals surface area contributed by atoms with Crippen LogP contribution in [0.25, 0.3) is 0 Å². The molecule has 0 heterocycles. The van der Waals surface area contributed by atoms with Crippen molar-refractivity contribution in [2.75, 3.05) is 0 Å². The van der Waals surface area contributed by atoms with Gasteiger partial charge in [0.25, 0.3) is 0 Å². The molecule has 0 aliphatic carbocycles. The van der Waals surface area contributed by atoms with Crippen LogP contribution in [0.4, 0.5) is 0 Å². The first-order chi connectivity index (χ1) is 9.06. The molecule has 0 radical (unpaired) electrons. The summed E-state index contributed by atoms with van der Waals surface area (Å²) < 4.78 is 5.74. The third-order valence-corrected chi connectivity index (χ3v) is 3.00. The number of halogens is 1. The van der Waals surface area contributed by atoms with Crippen LogP contribution >= 0.6 is 11.6 Å². The number of phenols is 1. The first kappa shape index (κ1) is 13.7. The number of nitrogens with two attached hydrogens (primary N) is 1. The molecule has 19 heavy (non-hydrogen) atoms. The van der Waals surface area contributed by atoms with Gasteiger partial charge in [-0.05, 0) is 42.8 Å². The van der Waals surface area contributed by atoms with E-state index in [0.717, 1.165) is 11.1 Å². The zero-order valence-electron chi connectivity index (χ0n) is 10.6. The van der Waals surface area contributed by atoms with Crippen molar-refractivity contribution in [2.24, 2.45) is 5.73 Å². The van der Waals surface area contributed by atoms with E-state index in [9.17, 15) is 5.11 Å². The molecule has 3 nitrogen and oxygen atoms in total. The van der Waals surface area contributed by atoms with Crippen LogP contribution < -0.4 is 10.5 Å². The normalized spacial score (nSPS) is 12.2. The molecule has 0 saturated heterocycles. The molecule has 2 aromatic rings. The fourth-order valence-electron chi connectivity index (χ4n) is 1.81. The average Bonchev–Trinajstić information content (AvgIpc) is 2.37. The average molecular weight is 278 g/mol. The fraction of sp³-hybridized carbons (Fsp3) is 0.200. The number of aromatic hydroxyl groups is 1. The van der Waals surface area contributed by atoms with Gasteiger partial charge in [0, 0.05) is 16.6 Å². The molecule has 0 aliphatic rings. The number of rotatable bonds is 4. The van der Waals surface area contributed by atoms with E-state index >= 15 is 0 Å². The van der Waals surface area contributed by atoms with Crippen LogP contribution in [0, 0.1) is 0 Å². The number of benzene rings is 2. The summed E-state index contributed by atoms with van der Waals surface area (Å²) in [6.07, 6.45) is 0. The van der Waals surface area contributed by atoms with Crippen molar-refractivity contribution in [3.05, 3.63) is 58.6 Å². The van der Waals surface area contributed by atoms with Gasteiger partial charge in [-0.15, -0.1) is 0 Å². The third-order valence-electron chi connectivity index (χ3n) is 2.77. The van der Waals surface area contributed by atoms with Gasteiger partial charge in [-0.25, -0.2) is 0 Å². The number of hydrogen-bond acceptors (Lipinski definition) is 3. The zero-order chi connectivity index (χ0) is 13.8. The van der Waals surface area contributed by atoms with Gasteiger partial charge in [0.15, 0.2) is 0 Å². The second-order valence-electron chi connectivity index (χ2n) is 4.43. The van der Waals surface area contributed by atoms with Gasteiger partial charge in [-0.2, -0.15) is 0 Å². The maximum Gasteiger partial charge on any atom is 0.124 e. The highest BCUT2D eigenvalue weighted by Gasteiger charge is 2.09. The Balaban J connectivity index is 2.15. The van der Waals surface area contributed by atoms with Crippen LogP contribution in [-0.4, -0.2) is 5.11 Å². The van der Waals surface area contributed by atoms with Crippen molar-refractivity contribution in [3.8, 4) is 11.5 Å². The van der Waals surface area contributed by atoms with Crippen LogP contribution in [0.1, 0.15) is 24.1 Å². The second-order valence-corrected chi connectivity index (χ2v) is 4.87. The highest BCUT2D eigenvalue weighted by molar-refractivity contribution is 6.30. The maximum absolute atomic E-state index is 9.40. The molecule has 0 unspecified atom stereocenters. The van der Waals surface area contributed by atoms with Crippen LogP contribution in [-0.2, 0) is 6.61 Å². The Bertz CT molecular complexity index is 570. The molecule has 0 amide bonds. The Morgan fingerprint density at radius 3 is 2.74 bits per heavy atom. The summed E-state index contributed by atoms with van der Waals surface area (Å²) >= 11 is 5.95. The van der Waals surface area contributed by atoms with Gasteiger partial charge in [-0.3, -0.25) is 0 Å². The van der Waals surface area contributed by atoms with Crippen LogP contribution in [0.15, 0.2) is 42.5 Å². The van der Waals surface area contributed by atoms with Gasteiger partial charge in [0.2, 0.25) is 0 Å². The minimum atomic E-state index is -0.155. The SMILES string of the molecule is C[C@H](N)c1cc(Cl)ccc1OCc1cccc(O)c1. The Kier molecular flexibility index (Phi) is 4.30. The molecule has 0 aromatic heterocycles. The van der Waals surface area contributed by atoms with Crippen molar-refractivity contribution in [2.45, 2.75) is 19.6 Å². The van der Waals surface area contributed by atoms with Crippen molar-refractivity contribution >= 4 is 11.6 Å². The number of hydrogen-bond donors (Lipinski definition) is 2. The highest BCUT2D eigenvalue weighted by atomic mass is 35.5. The van der Waals surface area contributed by atoms with E-state index in [0.29, 0.717) is 17.4 Å². The summed E-state index contributed by atoms with van der Waals surface area (Å²) in [7, 11) is 0. The van der Waals surface area contributed by atoms with Crippen molar-refractivity contribution in [1.29, 1.82) is 0 Å².